The number of fused-ring (bicyclic) bond motifs is 1. The number of benzene rings is 1. The zero-order chi connectivity index (χ0) is 20.3. The molecular weight excluding hydrogens is 356 g/mol. The molecular formula is C20H29N6O2+. The lowest BCUT2D eigenvalue weighted by Gasteiger charge is -2.19. The summed E-state index contributed by atoms with van der Waals surface area (Å²) in [6.07, 6.45) is 0. The maximum Gasteiger partial charge on any atom is 0.329 e. The van der Waals surface area contributed by atoms with E-state index in [9.17, 15) is 9.59 Å². The molecule has 8 nitrogen and oxygen atoms in total. The number of aromatic nitrogens is 4. The number of H-pyrrole nitrogens is 1. The van der Waals surface area contributed by atoms with E-state index in [1.807, 2.05) is 41.8 Å². The Morgan fingerprint density at radius 3 is 2.50 bits per heavy atom. The summed E-state index contributed by atoms with van der Waals surface area (Å²) in [6.45, 7) is 10.2. The first-order valence-electron chi connectivity index (χ1n) is 9.81. The summed E-state index contributed by atoms with van der Waals surface area (Å²) in [5.74, 6) is 0.601. The first-order chi connectivity index (χ1) is 13.5. The Kier molecular flexibility index (Phi) is 5.99. The average Bonchev–Trinajstić information content (AvgIpc) is 3.09. The lowest BCUT2D eigenvalue weighted by Crippen LogP contribution is -3.12. The van der Waals surface area contributed by atoms with Gasteiger partial charge in [0.1, 0.15) is 0 Å². The minimum absolute atomic E-state index is 0.117. The number of hydrogen-bond donors (Lipinski definition) is 3. The molecule has 0 saturated heterocycles. The molecule has 1 atom stereocenters. The fraction of sp³-hybridized carbons (Fsp3) is 0.450. The molecule has 2 aromatic heterocycles. The highest BCUT2D eigenvalue weighted by Crippen LogP contribution is 2.26. The third-order valence-corrected chi connectivity index (χ3v) is 5.38. The number of aromatic amines is 1. The van der Waals surface area contributed by atoms with Crippen molar-refractivity contribution >= 4 is 17.1 Å². The van der Waals surface area contributed by atoms with Gasteiger partial charge in [0.05, 0.1) is 32.2 Å². The Labute approximate surface area is 163 Å². The second-order valence-corrected chi connectivity index (χ2v) is 7.02. The molecule has 8 heteroatoms. The van der Waals surface area contributed by atoms with Gasteiger partial charge in [-0.3, -0.25) is 18.9 Å². The summed E-state index contributed by atoms with van der Waals surface area (Å²) >= 11 is 0. The molecule has 0 aliphatic heterocycles. The first-order valence-corrected chi connectivity index (χ1v) is 9.81. The number of rotatable bonds is 8. The van der Waals surface area contributed by atoms with Gasteiger partial charge in [-0.1, -0.05) is 30.3 Å². The monoisotopic (exact) mass is 385 g/mol. The number of quaternary nitrogens is 1. The molecule has 28 heavy (non-hydrogen) atoms. The van der Waals surface area contributed by atoms with E-state index in [0.29, 0.717) is 17.1 Å². The van der Waals surface area contributed by atoms with Crippen LogP contribution in [0.5, 0.6) is 0 Å². The number of aryl methyl sites for hydroxylation is 1. The smallest absolute Gasteiger partial charge is 0.329 e. The van der Waals surface area contributed by atoms with Gasteiger partial charge in [0.25, 0.3) is 5.56 Å². The largest absolute Gasteiger partial charge is 0.350 e. The molecule has 0 bridgehead atoms. The van der Waals surface area contributed by atoms with Crippen LogP contribution in [0.25, 0.3) is 11.2 Å². The SMILES string of the molecule is CC[NH+](CC)CCNc1nc2c(c(=O)[nH]c(=O)n2C)n1[C@@H](C)c1ccccc1. The Bertz CT molecular complexity index is 1050. The van der Waals surface area contributed by atoms with Crippen LogP contribution < -0.4 is 21.5 Å². The number of anilines is 1. The van der Waals surface area contributed by atoms with Crippen LogP contribution in [0.15, 0.2) is 39.9 Å². The molecule has 150 valence electrons. The van der Waals surface area contributed by atoms with Crippen LogP contribution in [0, 0.1) is 0 Å². The molecule has 0 saturated carbocycles. The molecule has 0 unspecified atom stereocenters. The van der Waals surface area contributed by atoms with Gasteiger partial charge in [-0.2, -0.15) is 4.98 Å². The second-order valence-electron chi connectivity index (χ2n) is 7.02. The third-order valence-electron chi connectivity index (χ3n) is 5.38. The highest BCUT2D eigenvalue weighted by molar-refractivity contribution is 5.74. The number of imidazole rings is 1. The second kappa shape index (κ2) is 8.43. The van der Waals surface area contributed by atoms with Crippen molar-refractivity contribution in [2.75, 3.05) is 31.5 Å². The Balaban J connectivity index is 2.09. The first kappa shape index (κ1) is 19.9. The minimum Gasteiger partial charge on any atom is -0.350 e. The molecule has 0 amide bonds. The lowest BCUT2D eigenvalue weighted by molar-refractivity contribution is -0.894. The van der Waals surface area contributed by atoms with Gasteiger partial charge >= 0.3 is 5.69 Å². The van der Waals surface area contributed by atoms with Crippen molar-refractivity contribution in [3.05, 3.63) is 56.7 Å². The topological polar surface area (TPSA) is 89.2 Å². The molecule has 0 aliphatic rings. The molecule has 0 radical (unpaired) electrons. The molecule has 0 fully saturated rings. The highest BCUT2D eigenvalue weighted by atomic mass is 16.2. The van der Waals surface area contributed by atoms with E-state index in [-0.39, 0.29) is 6.04 Å². The molecule has 0 aliphatic carbocycles. The van der Waals surface area contributed by atoms with E-state index in [4.69, 9.17) is 0 Å². The predicted octanol–water partition coefficient (Wildman–Crippen LogP) is 0.369. The molecule has 0 spiro atoms. The number of hydrogen-bond acceptors (Lipinski definition) is 4. The van der Waals surface area contributed by atoms with Gasteiger partial charge in [0, 0.05) is 7.05 Å². The highest BCUT2D eigenvalue weighted by Gasteiger charge is 2.22. The Hall–Kier alpha value is -2.87. The van der Waals surface area contributed by atoms with Crippen LogP contribution in [0.3, 0.4) is 0 Å². The standard InChI is InChI=1S/C20H28N6O2/c1-5-25(6-2)13-12-21-19-22-17-16(18(27)23-20(28)24(17)4)26(19)14(3)15-10-8-7-9-11-15/h7-11,14H,5-6,12-13H2,1-4H3,(H,21,22)(H,23,27,28)/p+1/t14-/m0/s1. The van der Waals surface area contributed by atoms with Gasteiger partial charge < -0.3 is 10.2 Å². The summed E-state index contributed by atoms with van der Waals surface area (Å²) in [4.78, 5) is 33.2. The lowest BCUT2D eigenvalue weighted by atomic mass is 10.1. The van der Waals surface area contributed by atoms with Crippen LogP contribution >= 0.6 is 0 Å². The van der Waals surface area contributed by atoms with Crippen LogP contribution in [0.4, 0.5) is 5.95 Å². The van der Waals surface area contributed by atoms with Gasteiger partial charge in [0.15, 0.2) is 11.2 Å². The molecule has 1 aromatic carbocycles. The Morgan fingerprint density at radius 2 is 1.86 bits per heavy atom. The Morgan fingerprint density at radius 1 is 1.18 bits per heavy atom. The maximum atomic E-state index is 12.6. The molecule has 3 aromatic rings. The van der Waals surface area contributed by atoms with E-state index in [2.05, 4.69) is 29.1 Å². The van der Waals surface area contributed by atoms with Crippen molar-refractivity contribution in [1.82, 2.24) is 19.1 Å². The summed E-state index contributed by atoms with van der Waals surface area (Å²) in [5, 5.41) is 3.39. The van der Waals surface area contributed by atoms with Crippen LogP contribution in [0.2, 0.25) is 0 Å². The fourth-order valence-electron chi connectivity index (χ4n) is 3.54. The van der Waals surface area contributed by atoms with Gasteiger partial charge in [-0.25, -0.2) is 4.79 Å². The summed E-state index contributed by atoms with van der Waals surface area (Å²) in [5.41, 5.74) is 0.960. The van der Waals surface area contributed by atoms with Gasteiger partial charge in [-0.15, -0.1) is 0 Å². The van der Waals surface area contributed by atoms with E-state index in [0.717, 1.165) is 31.7 Å². The zero-order valence-electron chi connectivity index (χ0n) is 17.0. The fourth-order valence-corrected chi connectivity index (χ4v) is 3.54. The number of nitrogens with one attached hydrogen (secondary N) is 3. The minimum atomic E-state index is -0.464. The number of nitrogens with zero attached hydrogens (tertiary/aromatic N) is 3. The number of likely N-dealkylation sites (N-methyl/N-ethyl adjacent to an activating group) is 1. The summed E-state index contributed by atoms with van der Waals surface area (Å²) in [7, 11) is 1.62. The van der Waals surface area contributed by atoms with Crippen molar-refractivity contribution < 1.29 is 4.90 Å². The summed E-state index contributed by atoms with van der Waals surface area (Å²) < 4.78 is 3.27. The van der Waals surface area contributed by atoms with E-state index >= 15 is 0 Å². The van der Waals surface area contributed by atoms with E-state index < -0.39 is 11.2 Å². The van der Waals surface area contributed by atoms with Crippen molar-refractivity contribution in [3.8, 4) is 0 Å². The van der Waals surface area contributed by atoms with E-state index in [1.165, 1.54) is 9.47 Å². The normalized spacial score (nSPS) is 12.6. The quantitative estimate of drug-likeness (QED) is 0.523. The molecule has 3 N–H and O–H groups in total. The molecule has 3 rings (SSSR count). The van der Waals surface area contributed by atoms with Crippen LogP contribution in [-0.2, 0) is 7.05 Å². The third kappa shape index (κ3) is 3.73. The average molecular weight is 385 g/mol. The van der Waals surface area contributed by atoms with Crippen molar-refractivity contribution in [1.29, 1.82) is 0 Å². The zero-order valence-corrected chi connectivity index (χ0v) is 17.0. The van der Waals surface area contributed by atoms with Crippen LogP contribution in [0.1, 0.15) is 32.4 Å². The van der Waals surface area contributed by atoms with Crippen molar-refractivity contribution in [3.63, 3.8) is 0 Å². The predicted molar refractivity (Wildman–Crippen MR) is 111 cm³/mol. The maximum absolute atomic E-state index is 12.6. The van der Waals surface area contributed by atoms with Gasteiger partial charge in [-0.05, 0) is 26.3 Å². The summed E-state index contributed by atoms with van der Waals surface area (Å²) in [6, 6.07) is 9.84. The molecule has 2 heterocycles. The van der Waals surface area contributed by atoms with E-state index in [1.54, 1.807) is 7.05 Å². The van der Waals surface area contributed by atoms with Crippen molar-refractivity contribution in [2.45, 2.75) is 26.8 Å². The van der Waals surface area contributed by atoms with Crippen molar-refractivity contribution in [2.24, 2.45) is 7.05 Å². The van der Waals surface area contributed by atoms with Crippen LogP contribution in [-0.4, -0.2) is 45.3 Å². The van der Waals surface area contributed by atoms with Gasteiger partial charge in [0.2, 0.25) is 5.95 Å².